The molecule has 0 radical (unpaired) electrons. The summed E-state index contributed by atoms with van der Waals surface area (Å²) >= 11 is 1.55. The van der Waals surface area contributed by atoms with E-state index in [4.69, 9.17) is 9.63 Å². The van der Waals surface area contributed by atoms with Gasteiger partial charge in [-0.15, -0.1) is 0 Å². The van der Waals surface area contributed by atoms with Crippen LogP contribution in [0.15, 0.2) is 21.3 Å². The highest BCUT2D eigenvalue weighted by molar-refractivity contribution is 7.08. The number of carbonyl (C=O) groups is 1. The number of aryl methyl sites for hydroxylation is 1. The minimum atomic E-state index is -0.870. The molecule has 0 atom stereocenters. The quantitative estimate of drug-likeness (QED) is 0.857. The van der Waals surface area contributed by atoms with E-state index < -0.39 is 5.97 Å². The molecule has 0 spiro atoms. The van der Waals surface area contributed by atoms with Gasteiger partial charge in [-0.2, -0.15) is 16.3 Å². The van der Waals surface area contributed by atoms with E-state index in [9.17, 15) is 4.79 Å². The molecule has 2 heterocycles. The third-order valence-corrected chi connectivity index (χ3v) is 2.48. The molecule has 2 aromatic rings. The van der Waals surface area contributed by atoms with Gasteiger partial charge in [0.2, 0.25) is 11.7 Å². The maximum absolute atomic E-state index is 10.3. The number of nitrogens with zero attached hydrogens (tertiary/aromatic N) is 2. The zero-order valence-electron chi connectivity index (χ0n) is 7.71. The van der Waals surface area contributed by atoms with Crippen LogP contribution in [0.4, 0.5) is 0 Å². The monoisotopic (exact) mass is 224 g/mol. The van der Waals surface area contributed by atoms with Crippen LogP contribution >= 0.6 is 11.3 Å². The minimum absolute atomic E-state index is 0.00523. The van der Waals surface area contributed by atoms with Gasteiger partial charge in [-0.25, -0.2) is 0 Å². The van der Waals surface area contributed by atoms with Gasteiger partial charge in [-0.3, -0.25) is 4.79 Å². The summed E-state index contributed by atoms with van der Waals surface area (Å²) in [6.45, 7) is 0. The van der Waals surface area contributed by atoms with Crippen molar-refractivity contribution in [1.82, 2.24) is 10.1 Å². The summed E-state index contributed by atoms with van der Waals surface area (Å²) in [5, 5.41) is 16.1. The molecular weight excluding hydrogens is 216 g/mol. The van der Waals surface area contributed by atoms with Crippen molar-refractivity contribution in [2.75, 3.05) is 0 Å². The standard InChI is InChI=1S/C9H8N2O3S/c12-8(13)2-1-7-10-9(11-14-7)6-3-4-15-5-6/h3-5H,1-2H2,(H,12,13). The highest BCUT2D eigenvalue weighted by atomic mass is 32.1. The molecule has 78 valence electrons. The fourth-order valence-electron chi connectivity index (χ4n) is 1.08. The Balaban J connectivity index is 2.08. The molecule has 0 aliphatic heterocycles. The van der Waals surface area contributed by atoms with Gasteiger partial charge in [-0.1, -0.05) is 5.16 Å². The summed E-state index contributed by atoms with van der Waals surface area (Å²) in [4.78, 5) is 14.4. The largest absolute Gasteiger partial charge is 0.481 e. The third-order valence-electron chi connectivity index (χ3n) is 1.80. The van der Waals surface area contributed by atoms with E-state index >= 15 is 0 Å². The Morgan fingerprint density at radius 1 is 1.60 bits per heavy atom. The zero-order valence-corrected chi connectivity index (χ0v) is 8.53. The van der Waals surface area contributed by atoms with Gasteiger partial charge in [0.25, 0.3) is 0 Å². The lowest BCUT2D eigenvalue weighted by atomic mass is 10.3. The molecule has 0 aliphatic rings. The number of rotatable bonds is 4. The lowest BCUT2D eigenvalue weighted by Crippen LogP contribution is -1.97. The van der Waals surface area contributed by atoms with Gasteiger partial charge < -0.3 is 9.63 Å². The van der Waals surface area contributed by atoms with Crippen molar-refractivity contribution < 1.29 is 14.4 Å². The first-order valence-electron chi connectivity index (χ1n) is 4.32. The first-order valence-corrected chi connectivity index (χ1v) is 5.27. The Hall–Kier alpha value is -1.69. The van der Waals surface area contributed by atoms with Crippen LogP contribution in [0.1, 0.15) is 12.3 Å². The molecule has 2 aromatic heterocycles. The summed E-state index contributed by atoms with van der Waals surface area (Å²) in [6, 6.07) is 1.89. The predicted molar refractivity (Wildman–Crippen MR) is 53.6 cm³/mol. The molecule has 0 aliphatic carbocycles. The van der Waals surface area contributed by atoms with E-state index in [1.54, 1.807) is 11.3 Å². The second kappa shape index (κ2) is 4.22. The van der Waals surface area contributed by atoms with Crippen LogP contribution in [0.5, 0.6) is 0 Å². The van der Waals surface area contributed by atoms with Crippen LogP contribution in [0.2, 0.25) is 0 Å². The van der Waals surface area contributed by atoms with Gasteiger partial charge in [-0.05, 0) is 11.4 Å². The molecule has 0 saturated heterocycles. The Kier molecular flexibility index (Phi) is 2.77. The van der Waals surface area contributed by atoms with Gasteiger partial charge in [0.15, 0.2) is 0 Å². The van der Waals surface area contributed by atoms with Gasteiger partial charge in [0.05, 0.1) is 6.42 Å². The van der Waals surface area contributed by atoms with Crippen LogP contribution in [0.3, 0.4) is 0 Å². The van der Waals surface area contributed by atoms with Crippen molar-refractivity contribution in [1.29, 1.82) is 0 Å². The maximum Gasteiger partial charge on any atom is 0.303 e. The Labute approximate surface area is 89.4 Å². The summed E-state index contributed by atoms with van der Waals surface area (Å²) in [5.41, 5.74) is 0.894. The fourth-order valence-corrected chi connectivity index (χ4v) is 1.71. The topological polar surface area (TPSA) is 76.2 Å². The van der Waals surface area contributed by atoms with Crippen LogP contribution in [-0.4, -0.2) is 21.2 Å². The van der Waals surface area contributed by atoms with Gasteiger partial charge in [0.1, 0.15) is 0 Å². The smallest absolute Gasteiger partial charge is 0.303 e. The molecule has 0 amide bonds. The van der Waals surface area contributed by atoms with Crippen LogP contribution < -0.4 is 0 Å². The highest BCUT2D eigenvalue weighted by Crippen LogP contribution is 2.18. The fraction of sp³-hybridized carbons (Fsp3) is 0.222. The summed E-state index contributed by atoms with van der Waals surface area (Å²) in [7, 11) is 0. The Morgan fingerprint density at radius 3 is 3.13 bits per heavy atom. The second-order valence-electron chi connectivity index (χ2n) is 2.92. The van der Waals surface area contributed by atoms with Crippen LogP contribution in [0, 0.1) is 0 Å². The SMILES string of the molecule is O=C(O)CCc1nc(-c2ccsc2)no1. The number of carboxylic acids is 1. The van der Waals surface area contributed by atoms with Crippen molar-refractivity contribution in [3.8, 4) is 11.4 Å². The number of aromatic nitrogens is 2. The second-order valence-corrected chi connectivity index (χ2v) is 3.70. The molecule has 0 fully saturated rings. The van der Waals surface area contributed by atoms with Crippen molar-refractivity contribution in [3.05, 3.63) is 22.7 Å². The van der Waals surface area contributed by atoms with Gasteiger partial charge in [0, 0.05) is 17.4 Å². The van der Waals surface area contributed by atoms with Crippen molar-refractivity contribution >= 4 is 17.3 Å². The van der Waals surface area contributed by atoms with Crippen LogP contribution in [0.25, 0.3) is 11.4 Å². The number of carboxylic acid groups (broad SMARTS) is 1. The normalized spacial score (nSPS) is 10.4. The van der Waals surface area contributed by atoms with Crippen molar-refractivity contribution in [2.45, 2.75) is 12.8 Å². The van der Waals surface area contributed by atoms with E-state index in [-0.39, 0.29) is 12.8 Å². The Morgan fingerprint density at radius 2 is 2.47 bits per heavy atom. The molecule has 0 bridgehead atoms. The summed E-state index contributed by atoms with van der Waals surface area (Å²) < 4.78 is 4.92. The van der Waals surface area contributed by atoms with E-state index in [2.05, 4.69) is 10.1 Å². The summed E-state index contributed by atoms with van der Waals surface area (Å²) in [5.74, 6) is 0.000483. The van der Waals surface area contributed by atoms with E-state index in [0.717, 1.165) is 5.56 Å². The number of aliphatic carboxylic acids is 1. The minimum Gasteiger partial charge on any atom is -0.481 e. The lowest BCUT2D eigenvalue weighted by molar-refractivity contribution is -0.137. The first-order chi connectivity index (χ1) is 7.25. The molecular formula is C9H8N2O3S. The third kappa shape index (κ3) is 2.41. The molecule has 1 N–H and O–H groups in total. The van der Waals surface area contributed by atoms with Crippen molar-refractivity contribution in [3.63, 3.8) is 0 Å². The van der Waals surface area contributed by atoms with Crippen LogP contribution in [-0.2, 0) is 11.2 Å². The molecule has 15 heavy (non-hydrogen) atoms. The van der Waals surface area contributed by atoms with Gasteiger partial charge >= 0.3 is 5.97 Å². The number of hydrogen-bond acceptors (Lipinski definition) is 5. The molecule has 6 heteroatoms. The molecule has 0 saturated carbocycles. The van der Waals surface area contributed by atoms with E-state index in [1.807, 2.05) is 16.8 Å². The Bertz CT molecular complexity index is 450. The summed E-state index contributed by atoms with van der Waals surface area (Å²) in [6.07, 6.45) is 0.276. The van der Waals surface area contributed by atoms with E-state index in [1.165, 1.54) is 0 Å². The molecule has 2 rings (SSSR count). The average Bonchev–Trinajstić information content (AvgIpc) is 2.85. The molecule has 5 nitrogen and oxygen atoms in total. The first kappa shape index (κ1) is 9.85. The highest BCUT2D eigenvalue weighted by Gasteiger charge is 2.09. The predicted octanol–water partition coefficient (Wildman–Crippen LogP) is 1.82. The average molecular weight is 224 g/mol. The zero-order chi connectivity index (χ0) is 10.7. The van der Waals surface area contributed by atoms with Crippen molar-refractivity contribution in [2.24, 2.45) is 0 Å². The maximum atomic E-state index is 10.3. The molecule has 0 aromatic carbocycles. The number of hydrogen-bond donors (Lipinski definition) is 1. The number of thiophene rings is 1. The van der Waals surface area contributed by atoms with E-state index in [0.29, 0.717) is 11.7 Å². The molecule has 0 unspecified atom stereocenters. The lowest BCUT2D eigenvalue weighted by Gasteiger charge is -1.87.